The number of nitrogens with two attached hydrogens (primary N) is 1. The van der Waals surface area contributed by atoms with E-state index in [1.165, 1.54) is 6.26 Å². The molecule has 0 aromatic rings. The lowest BCUT2D eigenvalue weighted by Crippen LogP contribution is -2.38. The number of ether oxygens (including phenoxy) is 1. The number of amides is 1. The monoisotopic (exact) mass is 128 g/mol. The Hall–Kier alpha value is -1.03. The smallest absolute Gasteiger partial charge is 0.275 e. The van der Waals surface area contributed by atoms with Crippen LogP contribution in [0.4, 0.5) is 0 Å². The van der Waals surface area contributed by atoms with Gasteiger partial charge in [-0.2, -0.15) is 0 Å². The van der Waals surface area contributed by atoms with Crippen molar-refractivity contribution in [1.82, 2.24) is 5.43 Å². The first-order chi connectivity index (χ1) is 4.34. The van der Waals surface area contributed by atoms with Crippen LogP contribution in [0.3, 0.4) is 0 Å². The largest absolute Gasteiger partial charge is 0.488 e. The molecule has 0 saturated heterocycles. The van der Waals surface area contributed by atoms with Gasteiger partial charge in [0.25, 0.3) is 5.91 Å². The highest BCUT2D eigenvalue weighted by molar-refractivity contribution is 5.80. The molecule has 0 aliphatic carbocycles. The van der Waals surface area contributed by atoms with E-state index >= 15 is 0 Å². The van der Waals surface area contributed by atoms with Crippen molar-refractivity contribution in [2.45, 2.75) is 12.5 Å². The lowest BCUT2D eigenvalue weighted by atomic mass is 10.3. The molecule has 0 fully saturated rings. The lowest BCUT2D eigenvalue weighted by Gasteiger charge is -2.05. The Bertz CT molecular complexity index is 136. The van der Waals surface area contributed by atoms with Crippen molar-refractivity contribution < 1.29 is 9.53 Å². The standard InChI is InChI=1S/C5H8N2O2/c6-7-5(8)4-2-1-3-9-4/h1,3-4H,2,6H2,(H,7,8). The van der Waals surface area contributed by atoms with Crippen molar-refractivity contribution >= 4 is 5.91 Å². The van der Waals surface area contributed by atoms with Gasteiger partial charge in [-0.15, -0.1) is 0 Å². The van der Waals surface area contributed by atoms with Gasteiger partial charge >= 0.3 is 0 Å². The number of hydrogen-bond acceptors (Lipinski definition) is 3. The molecular weight excluding hydrogens is 120 g/mol. The topological polar surface area (TPSA) is 64.3 Å². The molecule has 1 unspecified atom stereocenters. The van der Waals surface area contributed by atoms with E-state index in [-0.39, 0.29) is 5.91 Å². The molecule has 0 spiro atoms. The van der Waals surface area contributed by atoms with Gasteiger partial charge < -0.3 is 4.74 Å². The second-order valence-electron chi connectivity index (χ2n) is 1.74. The predicted octanol–water partition coefficient (Wildman–Crippen LogP) is -0.721. The van der Waals surface area contributed by atoms with E-state index in [1.807, 2.05) is 5.43 Å². The minimum absolute atomic E-state index is 0.278. The molecule has 1 aliphatic heterocycles. The van der Waals surface area contributed by atoms with E-state index in [4.69, 9.17) is 10.6 Å². The summed E-state index contributed by atoms with van der Waals surface area (Å²) in [6.07, 6.45) is 3.48. The zero-order chi connectivity index (χ0) is 6.69. The molecule has 9 heavy (non-hydrogen) atoms. The minimum Gasteiger partial charge on any atom is -0.488 e. The molecule has 1 amide bonds. The van der Waals surface area contributed by atoms with Gasteiger partial charge in [0, 0.05) is 6.42 Å². The molecule has 50 valence electrons. The maximum absolute atomic E-state index is 10.6. The number of carbonyl (C=O) groups is 1. The second-order valence-corrected chi connectivity index (χ2v) is 1.74. The molecule has 1 heterocycles. The zero-order valence-electron chi connectivity index (χ0n) is 4.83. The quantitative estimate of drug-likeness (QED) is 0.278. The molecule has 1 atom stereocenters. The fraction of sp³-hybridized carbons (Fsp3) is 0.400. The molecule has 4 heteroatoms. The number of nitrogens with one attached hydrogen (secondary N) is 1. The summed E-state index contributed by atoms with van der Waals surface area (Å²) in [5.41, 5.74) is 2.00. The van der Waals surface area contributed by atoms with Crippen LogP contribution in [0, 0.1) is 0 Å². The Balaban J connectivity index is 2.36. The Morgan fingerprint density at radius 3 is 3.11 bits per heavy atom. The summed E-state index contributed by atoms with van der Waals surface area (Å²) >= 11 is 0. The van der Waals surface area contributed by atoms with Gasteiger partial charge in [0.2, 0.25) is 0 Å². The van der Waals surface area contributed by atoms with Gasteiger partial charge in [-0.1, -0.05) is 0 Å². The molecule has 1 rings (SSSR count). The third-order valence-electron chi connectivity index (χ3n) is 1.12. The highest BCUT2D eigenvalue weighted by Crippen LogP contribution is 2.07. The lowest BCUT2D eigenvalue weighted by molar-refractivity contribution is -0.128. The van der Waals surface area contributed by atoms with Crippen molar-refractivity contribution in [2.75, 3.05) is 0 Å². The summed E-state index contributed by atoms with van der Waals surface area (Å²) in [6.45, 7) is 0. The van der Waals surface area contributed by atoms with Gasteiger partial charge in [0.15, 0.2) is 6.10 Å². The van der Waals surface area contributed by atoms with Crippen molar-refractivity contribution in [3.8, 4) is 0 Å². The van der Waals surface area contributed by atoms with Crippen LogP contribution in [-0.4, -0.2) is 12.0 Å². The molecule has 0 saturated carbocycles. The van der Waals surface area contributed by atoms with Crippen molar-refractivity contribution in [3.63, 3.8) is 0 Å². The van der Waals surface area contributed by atoms with Gasteiger partial charge in [-0.3, -0.25) is 10.2 Å². The molecule has 0 aromatic heterocycles. The highest BCUT2D eigenvalue weighted by atomic mass is 16.5. The molecule has 0 radical (unpaired) electrons. The summed E-state index contributed by atoms with van der Waals surface area (Å²) in [5, 5.41) is 0. The summed E-state index contributed by atoms with van der Waals surface area (Å²) in [7, 11) is 0. The summed E-state index contributed by atoms with van der Waals surface area (Å²) < 4.78 is 4.83. The van der Waals surface area contributed by atoms with E-state index in [1.54, 1.807) is 6.08 Å². The van der Waals surface area contributed by atoms with Crippen LogP contribution < -0.4 is 11.3 Å². The van der Waals surface area contributed by atoms with E-state index < -0.39 is 6.10 Å². The molecule has 4 nitrogen and oxygen atoms in total. The Kier molecular flexibility index (Phi) is 1.69. The first kappa shape index (κ1) is 6.10. The summed E-state index contributed by atoms with van der Waals surface area (Å²) in [5.74, 6) is 4.57. The summed E-state index contributed by atoms with van der Waals surface area (Å²) in [4.78, 5) is 10.6. The first-order valence-electron chi connectivity index (χ1n) is 2.65. The fourth-order valence-corrected chi connectivity index (χ4v) is 0.647. The van der Waals surface area contributed by atoms with Crippen molar-refractivity contribution in [2.24, 2.45) is 5.84 Å². The number of hydrazine groups is 1. The number of carbonyl (C=O) groups excluding carboxylic acids is 1. The summed E-state index contributed by atoms with van der Waals surface area (Å²) in [6, 6.07) is 0. The van der Waals surface area contributed by atoms with Gasteiger partial charge in [0.1, 0.15) is 0 Å². The maximum atomic E-state index is 10.6. The first-order valence-corrected chi connectivity index (χ1v) is 2.65. The average molecular weight is 128 g/mol. The van der Waals surface area contributed by atoms with Crippen LogP contribution in [0.5, 0.6) is 0 Å². The minimum atomic E-state index is -0.407. The van der Waals surface area contributed by atoms with Crippen LogP contribution in [-0.2, 0) is 9.53 Å². The van der Waals surface area contributed by atoms with Gasteiger partial charge in [-0.25, -0.2) is 5.84 Å². The molecule has 0 bridgehead atoms. The third kappa shape index (κ3) is 1.20. The Morgan fingerprint density at radius 1 is 1.89 bits per heavy atom. The van der Waals surface area contributed by atoms with Gasteiger partial charge in [-0.05, 0) is 6.08 Å². The van der Waals surface area contributed by atoms with Crippen LogP contribution >= 0.6 is 0 Å². The van der Waals surface area contributed by atoms with E-state index in [0.29, 0.717) is 6.42 Å². The second kappa shape index (κ2) is 2.50. The Morgan fingerprint density at radius 2 is 2.67 bits per heavy atom. The van der Waals surface area contributed by atoms with Crippen LogP contribution in [0.15, 0.2) is 12.3 Å². The molecule has 1 aliphatic rings. The van der Waals surface area contributed by atoms with Crippen molar-refractivity contribution in [1.29, 1.82) is 0 Å². The SMILES string of the molecule is NNC(=O)C1CC=CO1. The normalized spacial score (nSPS) is 23.4. The maximum Gasteiger partial charge on any atom is 0.275 e. The van der Waals surface area contributed by atoms with Gasteiger partial charge in [0.05, 0.1) is 6.26 Å². The Labute approximate surface area is 52.6 Å². The zero-order valence-corrected chi connectivity index (χ0v) is 4.83. The third-order valence-corrected chi connectivity index (χ3v) is 1.12. The van der Waals surface area contributed by atoms with Crippen LogP contribution in [0.25, 0.3) is 0 Å². The average Bonchev–Trinajstić information content (AvgIpc) is 2.37. The molecule has 3 N–H and O–H groups in total. The predicted molar refractivity (Wildman–Crippen MR) is 31.0 cm³/mol. The van der Waals surface area contributed by atoms with E-state index in [9.17, 15) is 4.79 Å². The van der Waals surface area contributed by atoms with E-state index in [0.717, 1.165) is 0 Å². The number of rotatable bonds is 1. The van der Waals surface area contributed by atoms with Crippen LogP contribution in [0.2, 0.25) is 0 Å². The highest BCUT2D eigenvalue weighted by Gasteiger charge is 2.18. The van der Waals surface area contributed by atoms with E-state index in [2.05, 4.69) is 0 Å². The number of hydrogen-bond donors (Lipinski definition) is 2. The van der Waals surface area contributed by atoms with Crippen molar-refractivity contribution in [3.05, 3.63) is 12.3 Å². The molecule has 0 aromatic carbocycles. The molecular formula is C5H8N2O2. The fourth-order valence-electron chi connectivity index (χ4n) is 0.647. The van der Waals surface area contributed by atoms with Crippen LogP contribution in [0.1, 0.15) is 6.42 Å².